The van der Waals surface area contributed by atoms with Crippen LogP contribution in [0.25, 0.3) is 22.2 Å². The van der Waals surface area contributed by atoms with E-state index in [-0.39, 0.29) is 5.82 Å². The monoisotopic (exact) mass is 239 g/mol. The van der Waals surface area contributed by atoms with E-state index in [9.17, 15) is 4.39 Å². The van der Waals surface area contributed by atoms with Crippen molar-refractivity contribution >= 4 is 16.7 Å². The Morgan fingerprint density at radius 1 is 1.06 bits per heavy atom. The first-order chi connectivity index (χ1) is 8.74. The van der Waals surface area contributed by atoms with E-state index in [0.717, 1.165) is 10.9 Å². The van der Waals surface area contributed by atoms with Gasteiger partial charge in [0, 0.05) is 17.1 Å². The van der Waals surface area contributed by atoms with Crippen LogP contribution in [0, 0.1) is 5.82 Å². The summed E-state index contributed by atoms with van der Waals surface area (Å²) in [6, 6.07) is 11.8. The minimum atomic E-state index is -0.269. The third kappa shape index (κ3) is 1.78. The van der Waals surface area contributed by atoms with E-state index < -0.39 is 0 Å². The molecule has 88 valence electrons. The summed E-state index contributed by atoms with van der Waals surface area (Å²) in [5, 5.41) is 0.921. The second-order valence-corrected chi connectivity index (χ2v) is 3.97. The molecular formula is C14H10FN3. The molecule has 0 saturated heterocycles. The molecule has 2 heterocycles. The lowest BCUT2D eigenvalue weighted by Gasteiger charge is -2.05. The average Bonchev–Trinajstić information content (AvgIpc) is 2.39. The van der Waals surface area contributed by atoms with Gasteiger partial charge in [-0.3, -0.25) is 4.98 Å². The number of hydrogen-bond acceptors (Lipinski definition) is 3. The molecule has 3 rings (SSSR count). The minimum absolute atomic E-state index is 0.269. The Hall–Kier alpha value is -2.49. The van der Waals surface area contributed by atoms with E-state index in [0.29, 0.717) is 17.0 Å². The zero-order chi connectivity index (χ0) is 12.5. The van der Waals surface area contributed by atoms with Crippen LogP contribution in [0.3, 0.4) is 0 Å². The van der Waals surface area contributed by atoms with E-state index in [2.05, 4.69) is 9.97 Å². The Bertz CT molecular complexity index is 708. The molecule has 0 unspecified atom stereocenters. The highest BCUT2D eigenvalue weighted by Crippen LogP contribution is 2.24. The zero-order valence-corrected chi connectivity index (χ0v) is 9.47. The van der Waals surface area contributed by atoms with Crippen LogP contribution >= 0.6 is 0 Å². The van der Waals surface area contributed by atoms with Crippen molar-refractivity contribution < 1.29 is 4.39 Å². The lowest BCUT2D eigenvalue weighted by atomic mass is 10.1. The van der Waals surface area contributed by atoms with E-state index in [1.54, 1.807) is 18.3 Å². The maximum absolute atomic E-state index is 12.9. The van der Waals surface area contributed by atoms with Crippen LogP contribution in [0.2, 0.25) is 0 Å². The highest BCUT2D eigenvalue weighted by atomic mass is 19.1. The van der Waals surface area contributed by atoms with Gasteiger partial charge in [0.05, 0.1) is 5.69 Å². The number of halogens is 1. The fraction of sp³-hybridized carbons (Fsp3) is 0. The van der Waals surface area contributed by atoms with Gasteiger partial charge in [0.15, 0.2) is 5.82 Å². The number of nitrogens with zero attached hydrogens (tertiary/aromatic N) is 2. The van der Waals surface area contributed by atoms with E-state index in [1.807, 2.05) is 18.2 Å². The Balaban J connectivity index is 2.21. The molecule has 0 aliphatic heterocycles. The largest absolute Gasteiger partial charge is 0.382 e. The molecule has 0 aliphatic rings. The van der Waals surface area contributed by atoms with Gasteiger partial charge in [0.25, 0.3) is 0 Å². The third-order valence-corrected chi connectivity index (χ3v) is 2.75. The van der Waals surface area contributed by atoms with Gasteiger partial charge < -0.3 is 5.73 Å². The molecule has 2 N–H and O–H groups in total. The Morgan fingerprint density at radius 2 is 1.83 bits per heavy atom. The third-order valence-electron chi connectivity index (χ3n) is 2.75. The van der Waals surface area contributed by atoms with Gasteiger partial charge in [-0.25, -0.2) is 9.37 Å². The van der Waals surface area contributed by atoms with Gasteiger partial charge >= 0.3 is 0 Å². The molecule has 0 spiro atoms. The number of fused-ring (bicyclic) bond motifs is 1. The number of aromatic nitrogens is 2. The lowest BCUT2D eigenvalue weighted by Crippen LogP contribution is -1.95. The summed E-state index contributed by atoms with van der Waals surface area (Å²) < 4.78 is 12.9. The number of anilines is 1. The molecule has 3 nitrogen and oxygen atoms in total. The number of hydrogen-bond donors (Lipinski definition) is 1. The Kier molecular flexibility index (Phi) is 2.41. The summed E-state index contributed by atoms with van der Waals surface area (Å²) >= 11 is 0. The van der Waals surface area contributed by atoms with Crippen LogP contribution < -0.4 is 5.73 Å². The van der Waals surface area contributed by atoms with Crippen molar-refractivity contribution in [1.29, 1.82) is 0 Å². The van der Waals surface area contributed by atoms with Gasteiger partial charge in [-0.1, -0.05) is 6.07 Å². The molecule has 0 atom stereocenters. The predicted molar refractivity (Wildman–Crippen MR) is 69.3 cm³/mol. The summed E-state index contributed by atoms with van der Waals surface area (Å²) in [6.07, 6.45) is 1.68. The van der Waals surface area contributed by atoms with Crippen LogP contribution in [-0.2, 0) is 0 Å². The van der Waals surface area contributed by atoms with Crippen LogP contribution in [-0.4, -0.2) is 9.97 Å². The highest BCUT2D eigenvalue weighted by molar-refractivity contribution is 5.90. The van der Waals surface area contributed by atoms with Crippen molar-refractivity contribution in [1.82, 2.24) is 9.97 Å². The minimum Gasteiger partial charge on any atom is -0.382 e. The highest BCUT2D eigenvalue weighted by Gasteiger charge is 2.06. The maximum atomic E-state index is 12.9. The first-order valence-electron chi connectivity index (χ1n) is 5.51. The van der Waals surface area contributed by atoms with Crippen molar-refractivity contribution in [2.45, 2.75) is 0 Å². The number of nitrogens with two attached hydrogens (primary N) is 1. The quantitative estimate of drug-likeness (QED) is 0.710. The fourth-order valence-corrected chi connectivity index (χ4v) is 1.88. The number of pyridine rings is 2. The van der Waals surface area contributed by atoms with Crippen molar-refractivity contribution in [2.75, 3.05) is 5.73 Å². The normalized spacial score (nSPS) is 10.7. The van der Waals surface area contributed by atoms with E-state index in [4.69, 9.17) is 5.73 Å². The summed E-state index contributed by atoms with van der Waals surface area (Å²) in [6.45, 7) is 0. The SMILES string of the molecule is Nc1nc(-c2ccc(F)cc2)cc2cccnc12. The molecule has 0 fully saturated rings. The first-order valence-corrected chi connectivity index (χ1v) is 5.51. The van der Waals surface area contributed by atoms with Crippen molar-refractivity contribution in [2.24, 2.45) is 0 Å². The summed E-state index contributed by atoms with van der Waals surface area (Å²) in [5.41, 5.74) is 8.10. The topological polar surface area (TPSA) is 51.8 Å². The van der Waals surface area contributed by atoms with Crippen LogP contribution in [0.5, 0.6) is 0 Å². The van der Waals surface area contributed by atoms with Gasteiger partial charge in [-0.2, -0.15) is 0 Å². The molecule has 2 aromatic heterocycles. The lowest BCUT2D eigenvalue weighted by molar-refractivity contribution is 0.628. The molecule has 4 heteroatoms. The second-order valence-electron chi connectivity index (χ2n) is 3.97. The van der Waals surface area contributed by atoms with Crippen LogP contribution in [0.4, 0.5) is 10.2 Å². The molecule has 0 amide bonds. The summed E-state index contributed by atoms with van der Waals surface area (Å²) in [7, 11) is 0. The second kappa shape index (κ2) is 4.07. The smallest absolute Gasteiger partial charge is 0.150 e. The molecular weight excluding hydrogens is 229 g/mol. The zero-order valence-electron chi connectivity index (χ0n) is 9.47. The molecule has 1 aromatic carbocycles. The van der Waals surface area contributed by atoms with Crippen molar-refractivity contribution in [3.05, 3.63) is 54.5 Å². The number of nitrogen functional groups attached to an aromatic ring is 1. The van der Waals surface area contributed by atoms with Gasteiger partial charge in [-0.15, -0.1) is 0 Å². The summed E-state index contributed by atoms with van der Waals surface area (Å²) in [5.74, 6) is 0.113. The van der Waals surface area contributed by atoms with Crippen LogP contribution in [0.1, 0.15) is 0 Å². The fourth-order valence-electron chi connectivity index (χ4n) is 1.88. The van der Waals surface area contributed by atoms with Crippen molar-refractivity contribution in [3.8, 4) is 11.3 Å². The van der Waals surface area contributed by atoms with E-state index >= 15 is 0 Å². The molecule has 0 bridgehead atoms. The van der Waals surface area contributed by atoms with E-state index in [1.165, 1.54) is 12.1 Å². The molecule has 18 heavy (non-hydrogen) atoms. The molecule has 3 aromatic rings. The van der Waals surface area contributed by atoms with Gasteiger partial charge in [-0.05, 0) is 36.4 Å². The maximum Gasteiger partial charge on any atom is 0.150 e. The van der Waals surface area contributed by atoms with Crippen molar-refractivity contribution in [3.63, 3.8) is 0 Å². The average molecular weight is 239 g/mol. The van der Waals surface area contributed by atoms with Gasteiger partial charge in [0.1, 0.15) is 11.3 Å². The molecule has 0 saturated carbocycles. The predicted octanol–water partition coefficient (Wildman–Crippen LogP) is 3.02. The Labute approximate surface area is 103 Å². The first kappa shape index (κ1) is 10.7. The van der Waals surface area contributed by atoms with Gasteiger partial charge in [0.2, 0.25) is 0 Å². The standard InChI is InChI=1S/C14H10FN3/c15-11-5-3-9(4-6-11)12-8-10-2-1-7-17-13(10)14(16)18-12/h1-8H,(H2,16,18). The molecule has 0 aliphatic carbocycles. The number of benzene rings is 1. The van der Waals surface area contributed by atoms with Crippen LogP contribution in [0.15, 0.2) is 48.7 Å². The molecule has 0 radical (unpaired) electrons. The number of rotatable bonds is 1. The Morgan fingerprint density at radius 3 is 2.61 bits per heavy atom. The summed E-state index contributed by atoms with van der Waals surface area (Å²) in [4.78, 5) is 8.48.